The molecular formula is C18H26FN3O4S. The van der Waals surface area contributed by atoms with Gasteiger partial charge in [0.2, 0.25) is 10.0 Å². The van der Waals surface area contributed by atoms with Crippen molar-refractivity contribution in [2.24, 2.45) is 0 Å². The molecule has 2 saturated heterocycles. The van der Waals surface area contributed by atoms with Crippen LogP contribution in [0.2, 0.25) is 0 Å². The van der Waals surface area contributed by atoms with Gasteiger partial charge in [0.05, 0.1) is 11.9 Å². The first-order valence-corrected chi connectivity index (χ1v) is 10.9. The zero-order valence-electron chi connectivity index (χ0n) is 15.3. The fourth-order valence-corrected chi connectivity index (χ4v) is 4.81. The van der Waals surface area contributed by atoms with Gasteiger partial charge in [-0.1, -0.05) is 0 Å². The number of piperazine rings is 1. The van der Waals surface area contributed by atoms with Gasteiger partial charge in [0.25, 0.3) is 5.91 Å². The molecule has 3 rings (SSSR count). The van der Waals surface area contributed by atoms with Crippen LogP contribution in [-0.2, 0) is 14.8 Å². The number of nitrogens with zero attached hydrogens (tertiary/aromatic N) is 2. The van der Waals surface area contributed by atoms with Crippen LogP contribution < -0.4 is 5.32 Å². The third-order valence-corrected chi connectivity index (χ3v) is 6.77. The molecule has 1 N–H and O–H groups in total. The predicted octanol–water partition coefficient (Wildman–Crippen LogP) is 0.682. The van der Waals surface area contributed by atoms with E-state index in [1.165, 1.54) is 33.5 Å². The average molecular weight is 399 g/mol. The first-order valence-electron chi connectivity index (χ1n) is 9.31. The maximum absolute atomic E-state index is 13.2. The fraction of sp³-hybridized carbons (Fsp3) is 0.611. The SMILES string of the molecule is O=C(c1ccc(F)cc1)N(CCS(=O)(=O)N1CCNCC1)C[C@@H]1CCCO1. The van der Waals surface area contributed by atoms with Gasteiger partial charge in [-0.3, -0.25) is 4.79 Å². The molecule has 0 unspecified atom stereocenters. The number of carbonyl (C=O) groups excluding carboxylic acids is 1. The minimum atomic E-state index is -3.44. The third-order valence-electron chi connectivity index (χ3n) is 4.91. The minimum absolute atomic E-state index is 0.0856. The maximum atomic E-state index is 13.2. The first-order chi connectivity index (χ1) is 13.0. The van der Waals surface area contributed by atoms with Crippen LogP contribution >= 0.6 is 0 Å². The van der Waals surface area contributed by atoms with Crippen LogP contribution in [0.1, 0.15) is 23.2 Å². The summed E-state index contributed by atoms with van der Waals surface area (Å²) in [5.74, 6) is -0.855. The quantitative estimate of drug-likeness (QED) is 0.730. The number of benzene rings is 1. The second-order valence-electron chi connectivity index (χ2n) is 6.86. The number of ether oxygens (including phenoxy) is 1. The molecule has 2 heterocycles. The molecule has 2 aliphatic heterocycles. The summed E-state index contributed by atoms with van der Waals surface area (Å²) in [6, 6.07) is 5.31. The molecule has 1 aromatic carbocycles. The number of nitrogens with one attached hydrogen (secondary N) is 1. The van der Waals surface area contributed by atoms with Crippen molar-refractivity contribution >= 4 is 15.9 Å². The number of carbonyl (C=O) groups is 1. The first kappa shape index (κ1) is 20.2. The van der Waals surface area contributed by atoms with E-state index < -0.39 is 15.8 Å². The van der Waals surface area contributed by atoms with Crippen molar-refractivity contribution in [3.63, 3.8) is 0 Å². The minimum Gasteiger partial charge on any atom is -0.376 e. The molecule has 0 spiro atoms. The van der Waals surface area contributed by atoms with Crippen LogP contribution in [0, 0.1) is 5.82 Å². The molecule has 0 saturated carbocycles. The zero-order chi connectivity index (χ0) is 19.3. The molecule has 0 aliphatic carbocycles. The lowest BCUT2D eigenvalue weighted by Gasteiger charge is -2.29. The summed E-state index contributed by atoms with van der Waals surface area (Å²) in [6.45, 7) is 3.23. The Morgan fingerprint density at radius 3 is 2.59 bits per heavy atom. The lowest BCUT2D eigenvalue weighted by molar-refractivity contribution is 0.0540. The van der Waals surface area contributed by atoms with Gasteiger partial charge in [0.15, 0.2) is 0 Å². The number of hydrogen-bond donors (Lipinski definition) is 1. The molecular weight excluding hydrogens is 373 g/mol. The van der Waals surface area contributed by atoms with Crippen molar-refractivity contribution in [1.29, 1.82) is 0 Å². The Balaban J connectivity index is 1.69. The van der Waals surface area contributed by atoms with Crippen LogP contribution in [0.15, 0.2) is 24.3 Å². The van der Waals surface area contributed by atoms with E-state index in [0.29, 0.717) is 44.9 Å². The lowest BCUT2D eigenvalue weighted by Crippen LogP contribution is -2.49. The molecule has 1 aromatic rings. The molecule has 0 bridgehead atoms. The second-order valence-corrected chi connectivity index (χ2v) is 8.95. The Bertz CT molecular complexity index is 729. The van der Waals surface area contributed by atoms with E-state index >= 15 is 0 Å². The summed E-state index contributed by atoms with van der Waals surface area (Å²) in [7, 11) is -3.44. The van der Waals surface area contributed by atoms with Crippen LogP contribution in [0.3, 0.4) is 0 Å². The Kier molecular flexibility index (Phi) is 6.80. The molecule has 1 atom stereocenters. The lowest BCUT2D eigenvalue weighted by atomic mass is 10.1. The van der Waals surface area contributed by atoms with E-state index in [1.807, 2.05) is 0 Å². The summed E-state index contributed by atoms with van der Waals surface area (Å²) in [4.78, 5) is 14.4. The molecule has 0 aromatic heterocycles. The van der Waals surface area contributed by atoms with Gasteiger partial charge < -0.3 is 15.0 Å². The van der Waals surface area contributed by atoms with Crippen LogP contribution in [-0.4, -0.2) is 81.3 Å². The molecule has 150 valence electrons. The number of hydrogen-bond acceptors (Lipinski definition) is 5. The van der Waals surface area contributed by atoms with Crippen molar-refractivity contribution in [3.8, 4) is 0 Å². The van der Waals surface area contributed by atoms with Gasteiger partial charge >= 0.3 is 0 Å². The smallest absolute Gasteiger partial charge is 0.253 e. The van der Waals surface area contributed by atoms with Crippen molar-refractivity contribution < 1.29 is 22.3 Å². The zero-order valence-corrected chi connectivity index (χ0v) is 16.1. The highest BCUT2D eigenvalue weighted by atomic mass is 32.2. The standard InChI is InChI=1S/C18H26FN3O4S/c19-16-5-3-15(4-6-16)18(23)21(14-17-2-1-12-26-17)11-13-27(24,25)22-9-7-20-8-10-22/h3-6,17,20H,1-2,7-14H2/t17-/m0/s1. The maximum Gasteiger partial charge on any atom is 0.253 e. The van der Waals surface area contributed by atoms with Crippen molar-refractivity contribution in [3.05, 3.63) is 35.6 Å². The monoisotopic (exact) mass is 399 g/mol. The predicted molar refractivity (Wildman–Crippen MR) is 99.5 cm³/mol. The molecule has 1 amide bonds. The third kappa shape index (κ3) is 5.47. The highest BCUT2D eigenvalue weighted by Crippen LogP contribution is 2.16. The van der Waals surface area contributed by atoms with Gasteiger partial charge in [0.1, 0.15) is 5.82 Å². The summed E-state index contributed by atoms with van der Waals surface area (Å²) < 4.78 is 45.5. The van der Waals surface area contributed by atoms with Gasteiger partial charge in [-0.2, -0.15) is 4.31 Å². The van der Waals surface area contributed by atoms with Crippen molar-refractivity contribution in [2.45, 2.75) is 18.9 Å². The van der Waals surface area contributed by atoms with E-state index in [-0.39, 0.29) is 24.3 Å². The van der Waals surface area contributed by atoms with E-state index in [4.69, 9.17) is 4.74 Å². The topological polar surface area (TPSA) is 79.0 Å². The van der Waals surface area contributed by atoms with Crippen molar-refractivity contribution in [1.82, 2.24) is 14.5 Å². The molecule has 2 aliphatic rings. The number of halogens is 1. The van der Waals surface area contributed by atoms with Crippen LogP contribution in [0.4, 0.5) is 4.39 Å². The Morgan fingerprint density at radius 1 is 1.26 bits per heavy atom. The van der Waals surface area contributed by atoms with Crippen LogP contribution in [0.5, 0.6) is 0 Å². The summed E-state index contributed by atoms with van der Waals surface area (Å²) in [6.07, 6.45) is 1.69. The van der Waals surface area contributed by atoms with E-state index in [1.54, 1.807) is 0 Å². The van der Waals surface area contributed by atoms with Crippen molar-refractivity contribution in [2.75, 3.05) is 51.6 Å². The van der Waals surface area contributed by atoms with E-state index in [2.05, 4.69) is 5.32 Å². The number of amides is 1. The van der Waals surface area contributed by atoms with Gasteiger partial charge in [-0.25, -0.2) is 12.8 Å². The number of rotatable bonds is 7. The van der Waals surface area contributed by atoms with Gasteiger partial charge in [-0.15, -0.1) is 0 Å². The molecule has 7 nitrogen and oxygen atoms in total. The molecule has 9 heteroatoms. The normalized spacial score (nSPS) is 21.3. The summed E-state index contributed by atoms with van der Waals surface area (Å²) >= 11 is 0. The average Bonchev–Trinajstić information content (AvgIpc) is 3.19. The Hall–Kier alpha value is -1.55. The van der Waals surface area contributed by atoms with E-state index in [0.717, 1.165) is 12.8 Å². The highest BCUT2D eigenvalue weighted by Gasteiger charge is 2.28. The summed E-state index contributed by atoms with van der Waals surface area (Å²) in [5.41, 5.74) is 0.342. The largest absolute Gasteiger partial charge is 0.376 e. The molecule has 2 fully saturated rings. The highest BCUT2D eigenvalue weighted by molar-refractivity contribution is 7.89. The molecule has 27 heavy (non-hydrogen) atoms. The Morgan fingerprint density at radius 2 is 1.96 bits per heavy atom. The van der Waals surface area contributed by atoms with E-state index in [9.17, 15) is 17.6 Å². The molecule has 0 radical (unpaired) electrons. The van der Waals surface area contributed by atoms with Crippen LogP contribution in [0.25, 0.3) is 0 Å². The second kappa shape index (κ2) is 9.09. The fourth-order valence-electron chi connectivity index (χ4n) is 3.36. The number of sulfonamides is 1. The Labute approximate surface area is 159 Å². The van der Waals surface area contributed by atoms with Gasteiger partial charge in [-0.05, 0) is 37.1 Å². The van der Waals surface area contributed by atoms with Gasteiger partial charge in [0, 0.05) is 51.4 Å². The summed E-state index contributed by atoms with van der Waals surface area (Å²) in [5, 5.41) is 3.13.